The Labute approximate surface area is 108 Å². The number of ether oxygens (including phenoxy) is 1. The first-order valence-electron chi connectivity index (χ1n) is 6.47. The molecule has 1 saturated heterocycles. The lowest BCUT2D eigenvalue weighted by atomic mass is 10.00. The second-order valence-corrected chi connectivity index (χ2v) is 4.56. The van der Waals surface area contributed by atoms with Crippen molar-refractivity contribution in [3.8, 4) is 0 Å². The fourth-order valence-corrected chi connectivity index (χ4v) is 2.33. The molecule has 0 bridgehead atoms. The molecule has 0 saturated carbocycles. The van der Waals surface area contributed by atoms with Gasteiger partial charge in [0.25, 0.3) is 0 Å². The maximum Gasteiger partial charge on any atom is 0.232 e. The molecule has 1 heterocycles. The van der Waals surface area contributed by atoms with Crippen LogP contribution in [0, 0.1) is 5.92 Å². The Hall–Kier alpha value is -1.55. The first kappa shape index (κ1) is 12.9. The van der Waals surface area contributed by atoms with E-state index in [1.165, 1.54) is 0 Å². The number of amides is 1. The van der Waals surface area contributed by atoms with Gasteiger partial charge in [0.15, 0.2) is 0 Å². The van der Waals surface area contributed by atoms with Crippen LogP contribution in [0.3, 0.4) is 0 Å². The molecule has 1 unspecified atom stereocenters. The van der Waals surface area contributed by atoms with Crippen LogP contribution < -0.4 is 10.6 Å². The number of nitrogen functional groups attached to an aromatic ring is 1. The van der Waals surface area contributed by atoms with Gasteiger partial charge < -0.3 is 15.4 Å². The standard InChI is InChI=1S/C14H20N2O2/c1-2-16(13-8-4-3-7-12(13)15)14(17)11-6-5-9-18-10-11/h3-4,7-8,11H,2,5-6,9-10,15H2,1H3. The molecule has 1 aromatic rings. The zero-order valence-electron chi connectivity index (χ0n) is 10.8. The van der Waals surface area contributed by atoms with Gasteiger partial charge in [-0.25, -0.2) is 0 Å². The summed E-state index contributed by atoms with van der Waals surface area (Å²) in [4.78, 5) is 14.2. The van der Waals surface area contributed by atoms with Crippen LogP contribution in [0.1, 0.15) is 19.8 Å². The van der Waals surface area contributed by atoms with E-state index < -0.39 is 0 Å². The Bertz CT molecular complexity index is 414. The Morgan fingerprint density at radius 3 is 2.89 bits per heavy atom. The van der Waals surface area contributed by atoms with E-state index in [0.29, 0.717) is 18.8 Å². The highest BCUT2D eigenvalue weighted by molar-refractivity contribution is 5.97. The lowest BCUT2D eigenvalue weighted by Crippen LogP contribution is -2.39. The van der Waals surface area contributed by atoms with Gasteiger partial charge in [0.1, 0.15) is 0 Å². The van der Waals surface area contributed by atoms with Crippen LogP contribution in [0.2, 0.25) is 0 Å². The summed E-state index contributed by atoms with van der Waals surface area (Å²) in [6.07, 6.45) is 1.86. The maximum atomic E-state index is 12.5. The summed E-state index contributed by atoms with van der Waals surface area (Å²) in [5.74, 6) is 0.0911. The normalized spacial score (nSPS) is 19.5. The molecule has 1 fully saturated rings. The minimum Gasteiger partial charge on any atom is -0.397 e. The van der Waals surface area contributed by atoms with Crippen molar-refractivity contribution < 1.29 is 9.53 Å². The van der Waals surface area contributed by atoms with Crippen LogP contribution in [0.4, 0.5) is 11.4 Å². The van der Waals surface area contributed by atoms with E-state index in [9.17, 15) is 4.79 Å². The van der Waals surface area contributed by atoms with Crippen LogP contribution in [-0.4, -0.2) is 25.7 Å². The number of rotatable bonds is 3. The average Bonchev–Trinajstić information content (AvgIpc) is 2.42. The molecule has 0 radical (unpaired) electrons. The van der Waals surface area contributed by atoms with Gasteiger partial charge in [0, 0.05) is 13.2 Å². The van der Waals surface area contributed by atoms with E-state index in [2.05, 4.69) is 0 Å². The zero-order chi connectivity index (χ0) is 13.0. The predicted molar refractivity (Wildman–Crippen MR) is 72.4 cm³/mol. The number of para-hydroxylation sites is 2. The summed E-state index contributed by atoms with van der Waals surface area (Å²) in [5.41, 5.74) is 7.38. The molecule has 4 heteroatoms. The van der Waals surface area contributed by atoms with Crippen molar-refractivity contribution in [3.05, 3.63) is 24.3 Å². The van der Waals surface area contributed by atoms with Gasteiger partial charge in [0.2, 0.25) is 5.91 Å². The quantitative estimate of drug-likeness (QED) is 0.833. The Kier molecular flexibility index (Phi) is 4.20. The van der Waals surface area contributed by atoms with Crippen molar-refractivity contribution in [3.63, 3.8) is 0 Å². The van der Waals surface area contributed by atoms with E-state index in [-0.39, 0.29) is 11.8 Å². The summed E-state index contributed by atoms with van der Waals surface area (Å²) in [6, 6.07) is 7.49. The third kappa shape index (κ3) is 2.64. The monoisotopic (exact) mass is 248 g/mol. The van der Waals surface area contributed by atoms with E-state index in [1.54, 1.807) is 4.90 Å². The smallest absolute Gasteiger partial charge is 0.232 e. The molecule has 98 valence electrons. The van der Waals surface area contributed by atoms with Gasteiger partial charge in [0.05, 0.1) is 23.9 Å². The van der Waals surface area contributed by atoms with Crippen molar-refractivity contribution in [2.75, 3.05) is 30.4 Å². The first-order valence-corrected chi connectivity index (χ1v) is 6.47. The Morgan fingerprint density at radius 1 is 1.50 bits per heavy atom. The fourth-order valence-electron chi connectivity index (χ4n) is 2.33. The van der Waals surface area contributed by atoms with Crippen molar-refractivity contribution in [1.29, 1.82) is 0 Å². The van der Waals surface area contributed by atoms with Crippen LogP contribution in [0.25, 0.3) is 0 Å². The lowest BCUT2D eigenvalue weighted by molar-refractivity contribution is -0.126. The fraction of sp³-hybridized carbons (Fsp3) is 0.500. The number of hydrogen-bond acceptors (Lipinski definition) is 3. The van der Waals surface area contributed by atoms with Crippen molar-refractivity contribution in [2.24, 2.45) is 5.92 Å². The largest absolute Gasteiger partial charge is 0.397 e. The molecule has 1 aliphatic rings. The summed E-state index contributed by atoms with van der Waals surface area (Å²) in [7, 11) is 0. The van der Waals surface area contributed by atoms with Crippen LogP contribution in [0.15, 0.2) is 24.3 Å². The first-order chi connectivity index (χ1) is 8.74. The minimum absolute atomic E-state index is 0.0293. The average molecular weight is 248 g/mol. The highest BCUT2D eigenvalue weighted by Crippen LogP contribution is 2.26. The molecule has 2 rings (SSSR count). The van der Waals surface area contributed by atoms with Crippen molar-refractivity contribution >= 4 is 17.3 Å². The third-order valence-corrected chi connectivity index (χ3v) is 3.32. The van der Waals surface area contributed by atoms with Crippen LogP contribution in [0.5, 0.6) is 0 Å². The summed E-state index contributed by atoms with van der Waals surface area (Å²) in [5, 5.41) is 0. The molecule has 0 aliphatic carbocycles. The number of nitrogens with two attached hydrogens (primary N) is 1. The van der Waals surface area contributed by atoms with E-state index in [0.717, 1.165) is 25.1 Å². The summed E-state index contributed by atoms with van der Waals surface area (Å²) >= 11 is 0. The Morgan fingerprint density at radius 2 is 2.28 bits per heavy atom. The molecule has 1 aliphatic heterocycles. The second-order valence-electron chi connectivity index (χ2n) is 4.56. The number of benzene rings is 1. The number of anilines is 2. The Balaban J connectivity index is 2.17. The molecule has 0 spiro atoms. The van der Waals surface area contributed by atoms with Gasteiger partial charge >= 0.3 is 0 Å². The maximum absolute atomic E-state index is 12.5. The molecule has 1 atom stereocenters. The molecule has 1 aromatic carbocycles. The number of carbonyl (C=O) groups is 1. The third-order valence-electron chi connectivity index (χ3n) is 3.32. The van der Waals surface area contributed by atoms with Gasteiger partial charge in [-0.3, -0.25) is 4.79 Å². The number of hydrogen-bond donors (Lipinski definition) is 1. The number of carbonyl (C=O) groups excluding carboxylic acids is 1. The van der Waals surface area contributed by atoms with E-state index in [4.69, 9.17) is 10.5 Å². The molecule has 1 amide bonds. The van der Waals surface area contributed by atoms with Crippen LogP contribution >= 0.6 is 0 Å². The molecule has 4 nitrogen and oxygen atoms in total. The molecular formula is C14H20N2O2. The predicted octanol–water partition coefficient (Wildman–Crippen LogP) is 2.05. The van der Waals surface area contributed by atoms with Gasteiger partial charge in [-0.05, 0) is 31.9 Å². The minimum atomic E-state index is -0.0293. The van der Waals surface area contributed by atoms with Crippen molar-refractivity contribution in [1.82, 2.24) is 0 Å². The zero-order valence-corrected chi connectivity index (χ0v) is 10.8. The molecule has 0 aromatic heterocycles. The van der Waals surface area contributed by atoms with Crippen LogP contribution in [-0.2, 0) is 9.53 Å². The second kappa shape index (κ2) is 5.87. The highest BCUT2D eigenvalue weighted by Gasteiger charge is 2.27. The van der Waals surface area contributed by atoms with Gasteiger partial charge in [-0.1, -0.05) is 12.1 Å². The van der Waals surface area contributed by atoms with E-state index >= 15 is 0 Å². The SMILES string of the molecule is CCN(C(=O)C1CCCOC1)c1ccccc1N. The lowest BCUT2D eigenvalue weighted by Gasteiger charge is -2.29. The molecule has 2 N–H and O–H groups in total. The topological polar surface area (TPSA) is 55.6 Å². The molecular weight excluding hydrogens is 228 g/mol. The number of nitrogens with zero attached hydrogens (tertiary/aromatic N) is 1. The summed E-state index contributed by atoms with van der Waals surface area (Å²) in [6.45, 7) is 3.89. The molecule has 18 heavy (non-hydrogen) atoms. The van der Waals surface area contributed by atoms with Crippen molar-refractivity contribution in [2.45, 2.75) is 19.8 Å². The highest BCUT2D eigenvalue weighted by atomic mass is 16.5. The van der Waals surface area contributed by atoms with Gasteiger partial charge in [-0.2, -0.15) is 0 Å². The van der Waals surface area contributed by atoms with E-state index in [1.807, 2.05) is 31.2 Å². The van der Waals surface area contributed by atoms with Gasteiger partial charge in [-0.15, -0.1) is 0 Å². The summed E-state index contributed by atoms with van der Waals surface area (Å²) < 4.78 is 5.39.